The molecular formula is C20H24F2N6O2S. The summed E-state index contributed by atoms with van der Waals surface area (Å²) < 4.78 is 44.1. The lowest BCUT2D eigenvalue weighted by atomic mass is 9.90. The molecule has 8 nitrogen and oxygen atoms in total. The zero-order valence-corrected chi connectivity index (χ0v) is 18.2. The highest BCUT2D eigenvalue weighted by molar-refractivity contribution is 8.04. The first-order chi connectivity index (χ1) is 14.5. The number of nitrogens with two attached hydrogens (primary N) is 1. The Morgan fingerprint density at radius 3 is 2.68 bits per heavy atom. The average Bonchev–Trinajstić information content (AvgIpc) is 3.13. The number of nitrogens with zero attached hydrogens (tertiary/aromatic N) is 3. The number of pyridine rings is 2. The van der Waals surface area contributed by atoms with E-state index in [0.717, 1.165) is 12.3 Å². The first-order valence-electron chi connectivity index (χ1n) is 9.80. The summed E-state index contributed by atoms with van der Waals surface area (Å²) in [5.41, 5.74) is 4.85. The van der Waals surface area contributed by atoms with E-state index in [9.17, 15) is 17.8 Å². The van der Waals surface area contributed by atoms with Crippen molar-refractivity contribution in [3.05, 3.63) is 53.5 Å². The van der Waals surface area contributed by atoms with Crippen molar-refractivity contribution in [1.29, 1.82) is 0 Å². The summed E-state index contributed by atoms with van der Waals surface area (Å²) >= 11 is 0. The molecule has 2 aliphatic heterocycles. The maximum Gasteiger partial charge on any atom is 0.275 e. The van der Waals surface area contributed by atoms with Crippen molar-refractivity contribution in [2.45, 2.75) is 42.7 Å². The maximum absolute atomic E-state index is 15.0. The molecule has 1 saturated heterocycles. The molecule has 0 aromatic carbocycles. The number of hydrogen-bond acceptors (Lipinski definition) is 6. The Kier molecular flexibility index (Phi) is 4.93. The van der Waals surface area contributed by atoms with E-state index >= 15 is 0 Å². The van der Waals surface area contributed by atoms with E-state index in [1.165, 1.54) is 18.2 Å². The summed E-state index contributed by atoms with van der Waals surface area (Å²) in [7, 11) is -3.08. The number of thiol groups is 1. The summed E-state index contributed by atoms with van der Waals surface area (Å²) in [6.45, 7) is 5.71. The fourth-order valence-electron chi connectivity index (χ4n) is 4.28. The fraction of sp³-hybridized carbons (Fsp3) is 0.400. The number of anilines is 1. The predicted molar refractivity (Wildman–Crippen MR) is 115 cm³/mol. The van der Waals surface area contributed by atoms with E-state index in [2.05, 4.69) is 25.0 Å². The van der Waals surface area contributed by atoms with Gasteiger partial charge in [0, 0.05) is 6.54 Å². The first-order valence-corrected chi connectivity index (χ1v) is 11.6. The zero-order valence-electron chi connectivity index (χ0n) is 17.3. The summed E-state index contributed by atoms with van der Waals surface area (Å²) in [5.74, 6) is -1.62. The summed E-state index contributed by atoms with van der Waals surface area (Å²) in [6.07, 6.45) is 1.44. The van der Waals surface area contributed by atoms with Crippen LogP contribution in [0, 0.1) is 11.6 Å². The molecule has 2 atom stereocenters. The highest BCUT2D eigenvalue weighted by Crippen LogP contribution is 2.48. The zero-order chi connectivity index (χ0) is 22.6. The van der Waals surface area contributed by atoms with Crippen molar-refractivity contribution in [1.82, 2.24) is 14.7 Å². The molecule has 0 radical (unpaired) electrons. The van der Waals surface area contributed by atoms with Crippen LogP contribution in [0.5, 0.6) is 0 Å². The molecule has 0 bridgehead atoms. The molecular weight excluding hydrogens is 426 g/mol. The molecule has 31 heavy (non-hydrogen) atoms. The Hall–Kier alpha value is -2.79. The van der Waals surface area contributed by atoms with E-state index < -0.39 is 43.2 Å². The summed E-state index contributed by atoms with van der Waals surface area (Å²) in [6, 6.07) is 4.81. The van der Waals surface area contributed by atoms with E-state index in [1.54, 1.807) is 20.8 Å². The van der Waals surface area contributed by atoms with Crippen LogP contribution in [-0.2, 0) is 15.7 Å². The Balaban J connectivity index is 1.74. The van der Waals surface area contributed by atoms with Gasteiger partial charge in [-0.3, -0.25) is 18.7 Å². The van der Waals surface area contributed by atoms with Crippen molar-refractivity contribution in [3.8, 4) is 0 Å². The van der Waals surface area contributed by atoms with Gasteiger partial charge in [-0.25, -0.2) is 18.7 Å². The molecule has 1 amide bonds. The molecule has 0 unspecified atom stereocenters. The molecule has 1 fully saturated rings. The highest BCUT2D eigenvalue weighted by Gasteiger charge is 2.59. The van der Waals surface area contributed by atoms with Gasteiger partial charge in [-0.1, -0.05) is 0 Å². The van der Waals surface area contributed by atoms with Crippen molar-refractivity contribution >= 4 is 27.7 Å². The molecule has 166 valence electrons. The number of aromatic nitrogens is 2. The number of carbonyl (C=O) groups excluding carboxylic acids is 1. The number of aliphatic imine (C=N–C) groups is 1. The van der Waals surface area contributed by atoms with Crippen LogP contribution in [0.3, 0.4) is 0 Å². The molecule has 2 aromatic rings. The molecule has 0 saturated carbocycles. The highest BCUT2D eigenvalue weighted by atomic mass is 32.3. The average molecular weight is 451 g/mol. The van der Waals surface area contributed by atoms with Gasteiger partial charge in [-0.15, -0.1) is 0 Å². The smallest absolute Gasteiger partial charge is 0.275 e. The molecule has 0 aliphatic carbocycles. The maximum atomic E-state index is 15.0. The SMILES string of the molecule is CC1(C)C(N)=N[C@](C)(c2nc(NC(=O)c3ccc(F)cn3)ccc2F)[C@H]2CCN[SH]21=O. The molecule has 2 aromatic heterocycles. The van der Waals surface area contributed by atoms with Crippen LogP contribution in [0.4, 0.5) is 14.6 Å². The molecule has 2 aliphatic rings. The number of fused-ring (bicyclic) bond motifs is 1. The Labute approximate surface area is 179 Å². The van der Waals surface area contributed by atoms with Gasteiger partial charge < -0.3 is 11.1 Å². The van der Waals surface area contributed by atoms with E-state index in [1.807, 2.05) is 0 Å². The molecule has 4 heterocycles. The topological polar surface area (TPSA) is 122 Å². The largest absolute Gasteiger partial charge is 0.386 e. The van der Waals surface area contributed by atoms with Crippen molar-refractivity contribution in [2.24, 2.45) is 10.7 Å². The second-order valence-corrected chi connectivity index (χ2v) is 11.8. The third-order valence-corrected chi connectivity index (χ3v) is 10.4. The van der Waals surface area contributed by atoms with Crippen LogP contribution in [0.2, 0.25) is 0 Å². The van der Waals surface area contributed by atoms with E-state index in [-0.39, 0.29) is 23.0 Å². The van der Waals surface area contributed by atoms with Gasteiger partial charge in [-0.05, 0) is 61.6 Å². The third kappa shape index (κ3) is 3.23. The normalized spacial score (nSPS) is 27.1. The lowest BCUT2D eigenvalue weighted by molar-refractivity contribution is 0.102. The van der Waals surface area contributed by atoms with Gasteiger partial charge in [0.25, 0.3) is 5.91 Å². The number of rotatable bonds is 3. The molecule has 4 rings (SSSR count). The predicted octanol–water partition coefficient (Wildman–Crippen LogP) is 1.67. The Morgan fingerprint density at radius 1 is 1.26 bits per heavy atom. The van der Waals surface area contributed by atoms with Crippen molar-refractivity contribution < 1.29 is 17.8 Å². The van der Waals surface area contributed by atoms with E-state index in [0.29, 0.717) is 13.0 Å². The quantitative estimate of drug-likeness (QED) is 0.530. The van der Waals surface area contributed by atoms with Crippen LogP contribution in [0.15, 0.2) is 35.5 Å². The first kappa shape index (κ1) is 21.4. The minimum Gasteiger partial charge on any atom is -0.386 e. The molecule has 11 heteroatoms. The van der Waals surface area contributed by atoms with Crippen LogP contribution in [0.1, 0.15) is 43.4 Å². The molecule has 4 N–H and O–H groups in total. The summed E-state index contributed by atoms with van der Waals surface area (Å²) in [4.78, 5) is 25.0. The standard InChI is InChI=1S/C20H24F2N6O2S/c1-19(2)18(23)28-20(3,14-8-9-25-31(14,19)30)16-12(22)5-7-15(26-16)27-17(29)13-6-4-11(21)10-24-13/h4-7,10,14,31H,8-9H2,1-3H3,(H2,23,28)(H,25,30)(H,26,27,29)/t14-,20+/m1/s1. The minimum absolute atomic E-state index is 0.0218. The van der Waals surface area contributed by atoms with Crippen molar-refractivity contribution in [3.63, 3.8) is 0 Å². The van der Waals surface area contributed by atoms with Gasteiger partial charge >= 0.3 is 0 Å². The number of carbonyl (C=O) groups is 1. The second kappa shape index (κ2) is 7.13. The lowest BCUT2D eigenvalue weighted by Crippen LogP contribution is -2.64. The number of halogens is 2. The Bertz CT molecular complexity index is 1140. The van der Waals surface area contributed by atoms with E-state index in [4.69, 9.17) is 5.73 Å². The van der Waals surface area contributed by atoms with Gasteiger partial charge in [0.2, 0.25) is 0 Å². The van der Waals surface area contributed by atoms with Gasteiger partial charge in [0.05, 0.1) is 16.2 Å². The van der Waals surface area contributed by atoms with Crippen LogP contribution < -0.4 is 15.8 Å². The van der Waals surface area contributed by atoms with Gasteiger partial charge in [0.15, 0.2) is 0 Å². The Morgan fingerprint density at radius 2 is 2.00 bits per heavy atom. The van der Waals surface area contributed by atoms with Gasteiger partial charge in [0.1, 0.15) is 40.2 Å². The van der Waals surface area contributed by atoms with Crippen molar-refractivity contribution in [2.75, 3.05) is 11.9 Å². The van der Waals surface area contributed by atoms with Crippen LogP contribution in [-0.4, -0.2) is 42.5 Å². The van der Waals surface area contributed by atoms with Crippen LogP contribution in [0.25, 0.3) is 0 Å². The van der Waals surface area contributed by atoms with Crippen LogP contribution >= 0.6 is 0 Å². The lowest BCUT2D eigenvalue weighted by Gasteiger charge is -2.50. The monoisotopic (exact) mass is 450 g/mol. The third-order valence-electron chi connectivity index (χ3n) is 6.19. The number of amidine groups is 1. The number of nitrogens with one attached hydrogen (secondary N) is 2. The number of amides is 1. The second-order valence-electron chi connectivity index (χ2n) is 8.42. The number of hydrogen-bond donors (Lipinski definition) is 4. The fourth-order valence-corrected chi connectivity index (χ4v) is 7.91. The minimum atomic E-state index is -3.08. The summed E-state index contributed by atoms with van der Waals surface area (Å²) in [5, 5.41) is 2.03. The van der Waals surface area contributed by atoms with Gasteiger partial charge in [-0.2, -0.15) is 0 Å². The molecule has 0 spiro atoms.